The van der Waals surface area contributed by atoms with E-state index in [9.17, 15) is 20.4 Å². The molecule has 0 radical (unpaired) electrons. The molecule has 38 heavy (non-hydrogen) atoms. The summed E-state index contributed by atoms with van der Waals surface area (Å²) in [6.07, 6.45) is 5.33. The highest BCUT2D eigenvalue weighted by Gasteiger charge is 2.56. The van der Waals surface area contributed by atoms with Gasteiger partial charge in [0.2, 0.25) is 0 Å². The van der Waals surface area contributed by atoms with Gasteiger partial charge in [-0.2, -0.15) is 0 Å². The summed E-state index contributed by atoms with van der Waals surface area (Å²) in [5.74, 6) is 0. The molecule has 214 valence electrons. The van der Waals surface area contributed by atoms with Gasteiger partial charge in [-0.25, -0.2) is 0 Å². The molecule has 4 heteroatoms. The summed E-state index contributed by atoms with van der Waals surface area (Å²) in [6.45, 7) is 15.9. The second-order valence-electron chi connectivity index (χ2n) is 13.4. The molecule has 0 aliphatic rings. The Morgan fingerprint density at radius 2 is 1.29 bits per heavy atom. The minimum absolute atomic E-state index is 0.0815. The van der Waals surface area contributed by atoms with Crippen molar-refractivity contribution in [3.05, 3.63) is 70.3 Å². The highest BCUT2D eigenvalue weighted by atomic mass is 16.3. The molecule has 0 amide bonds. The van der Waals surface area contributed by atoms with Gasteiger partial charge in [-0.05, 0) is 52.0 Å². The van der Waals surface area contributed by atoms with Crippen molar-refractivity contribution >= 4 is 0 Å². The number of unbranched alkanes of at least 4 members (excludes halogenated alkanes) is 5. The Bertz CT molecular complexity index is 996. The largest absolute Gasteiger partial charge is 0.395 e. The molecule has 2 atom stereocenters. The van der Waals surface area contributed by atoms with Crippen LogP contribution in [0.4, 0.5) is 0 Å². The molecular formula is C34H54O4. The highest BCUT2D eigenvalue weighted by Crippen LogP contribution is 2.53. The number of benzene rings is 2. The fourth-order valence-corrected chi connectivity index (χ4v) is 5.76. The van der Waals surface area contributed by atoms with Crippen molar-refractivity contribution in [3.8, 4) is 0 Å². The Labute approximate surface area is 232 Å². The summed E-state index contributed by atoms with van der Waals surface area (Å²) < 4.78 is 0. The third-order valence-electron chi connectivity index (χ3n) is 8.39. The van der Waals surface area contributed by atoms with E-state index in [2.05, 4.69) is 60.6 Å². The fourth-order valence-electron chi connectivity index (χ4n) is 5.76. The maximum Gasteiger partial charge on any atom is 0.102 e. The van der Waals surface area contributed by atoms with Crippen molar-refractivity contribution < 1.29 is 20.4 Å². The average molecular weight is 527 g/mol. The van der Waals surface area contributed by atoms with E-state index in [4.69, 9.17) is 0 Å². The van der Waals surface area contributed by atoms with Crippen LogP contribution in [-0.4, -0.2) is 33.6 Å². The molecule has 0 bridgehead atoms. The van der Waals surface area contributed by atoms with Crippen LogP contribution < -0.4 is 0 Å². The number of rotatable bonds is 13. The lowest BCUT2D eigenvalue weighted by atomic mass is 9.60. The second-order valence-corrected chi connectivity index (χ2v) is 13.4. The predicted molar refractivity (Wildman–Crippen MR) is 158 cm³/mol. The van der Waals surface area contributed by atoms with Crippen LogP contribution in [0, 0.1) is 12.3 Å². The van der Waals surface area contributed by atoms with Crippen LogP contribution in [-0.2, 0) is 16.4 Å². The van der Waals surface area contributed by atoms with Crippen LogP contribution >= 0.6 is 0 Å². The van der Waals surface area contributed by atoms with Gasteiger partial charge in [0, 0.05) is 0 Å². The van der Waals surface area contributed by atoms with Crippen molar-refractivity contribution in [1.29, 1.82) is 0 Å². The molecule has 0 saturated heterocycles. The minimum atomic E-state index is -1.63. The van der Waals surface area contributed by atoms with E-state index >= 15 is 0 Å². The van der Waals surface area contributed by atoms with E-state index in [1.54, 1.807) is 0 Å². The van der Waals surface area contributed by atoms with Crippen LogP contribution in [0.2, 0.25) is 0 Å². The molecule has 0 spiro atoms. The average Bonchev–Trinajstić information content (AvgIpc) is 2.86. The van der Waals surface area contributed by atoms with Gasteiger partial charge in [0.25, 0.3) is 0 Å². The maximum absolute atomic E-state index is 12.5. The Kier molecular flexibility index (Phi) is 11.2. The third kappa shape index (κ3) is 6.88. The van der Waals surface area contributed by atoms with Crippen molar-refractivity contribution in [2.75, 3.05) is 13.2 Å². The van der Waals surface area contributed by atoms with Crippen molar-refractivity contribution in [2.45, 2.75) is 123 Å². The van der Waals surface area contributed by atoms with E-state index in [1.807, 2.05) is 37.3 Å². The summed E-state index contributed by atoms with van der Waals surface area (Å²) in [5, 5.41) is 46.7. The molecule has 0 heterocycles. The first kappa shape index (κ1) is 32.5. The van der Waals surface area contributed by atoms with E-state index in [0.29, 0.717) is 17.5 Å². The number of hydrogen-bond donors (Lipinski definition) is 4. The van der Waals surface area contributed by atoms with Crippen LogP contribution in [0.3, 0.4) is 0 Å². The first-order valence-corrected chi connectivity index (χ1v) is 14.5. The molecule has 2 rings (SSSR count). The van der Waals surface area contributed by atoms with Crippen molar-refractivity contribution in [1.82, 2.24) is 0 Å². The zero-order chi connectivity index (χ0) is 28.8. The van der Waals surface area contributed by atoms with Crippen LogP contribution in [0.1, 0.15) is 127 Å². The summed E-state index contributed by atoms with van der Waals surface area (Å²) in [6, 6.07) is 13.5. The van der Waals surface area contributed by atoms with Gasteiger partial charge in [0.15, 0.2) is 0 Å². The number of hydrogen-bond acceptors (Lipinski definition) is 4. The molecule has 4 N–H and O–H groups in total. The van der Waals surface area contributed by atoms with Gasteiger partial charge in [0.1, 0.15) is 5.60 Å². The number of aliphatic hydroxyl groups is 4. The summed E-state index contributed by atoms with van der Waals surface area (Å²) >= 11 is 0. The molecule has 2 unspecified atom stereocenters. The van der Waals surface area contributed by atoms with E-state index in [-0.39, 0.29) is 10.8 Å². The maximum atomic E-state index is 12.5. The summed E-state index contributed by atoms with van der Waals surface area (Å²) in [5.41, 5.74) is 0.707. The molecule has 0 fully saturated rings. The van der Waals surface area contributed by atoms with Crippen molar-refractivity contribution in [3.63, 3.8) is 0 Å². The lowest BCUT2D eigenvalue weighted by Crippen LogP contribution is -2.55. The Morgan fingerprint density at radius 3 is 1.79 bits per heavy atom. The molecule has 0 aliphatic carbocycles. The van der Waals surface area contributed by atoms with E-state index in [0.717, 1.165) is 36.8 Å². The molecule has 2 aromatic rings. The number of aliphatic hydroxyl groups excluding tert-OH is 3. The quantitative estimate of drug-likeness (QED) is 0.208. The minimum Gasteiger partial charge on any atom is -0.395 e. The second kappa shape index (κ2) is 13.1. The zero-order valence-electron chi connectivity index (χ0n) is 25.3. The van der Waals surface area contributed by atoms with E-state index in [1.165, 1.54) is 18.4 Å². The smallest absolute Gasteiger partial charge is 0.102 e. The molecule has 2 aromatic carbocycles. The van der Waals surface area contributed by atoms with Gasteiger partial charge in [-0.3, -0.25) is 0 Å². The first-order valence-electron chi connectivity index (χ1n) is 14.5. The molecule has 0 saturated carbocycles. The lowest BCUT2D eigenvalue weighted by molar-refractivity contribution is -0.197. The SMILES string of the molecule is CCCCCCCCC(O)(c1ccccc1)C(CO)(CO)C(O)c1c(C)cc(C(C)(C)C)cc1C(C)(C)C. The highest BCUT2D eigenvalue weighted by molar-refractivity contribution is 5.47. The van der Waals surface area contributed by atoms with Crippen LogP contribution in [0.5, 0.6) is 0 Å². The predicted octanol–water partition coefficient (Wildman–Crippen LogP) is 7.23. The normalized spacial score (nSPS) is 15.4. The molecule has 4 nitrogen and oxygen atoms in total. The summed E-state index contributed by atoms with van der Waals surface area (Å²) in [4.78, 5) is 0. The van der Waals surface area contributed by atoms with Gasteiger partial charge >= 0.3 is 0 Å². The van der Waals surface area contributed by atoms with Gasteiger partial charge in [-0.15, -0.1) is 0 Å². The fraction of sp³-hybridized carbons (Fsp3) is 0.647. The third-order valence-corrected chi connectivity index (χ3v) is 8.39. The van der Waals surface area contributed by atoms with Gasteiger partial charge < -0.3 is 20.4 Å². The topological polar surface area (TPSA) is 80.9 Å². The molecule has 0 aromatic heterocycles. The monoisotopic (exact) mass is 526 g/mol. The lowest BCUT2D eigenvalue weighted by Gasteiger charge is -2.50. The Balaban J connectivity index is 2.71. The molecule has 0 aliphatic heterocycles. The number of aryl methyl sites for hydroxylation is 1. The standard InChI is InChI=1S/C34H54O4/c1-9-10-11-12-13-17-20-34(38,26-18-15-14-16-19-26)33(23-35,24-36)30(37)29-25(2)21-27(31(3,4)5)22-28(29)32(6,7)8/h14-16,18-19,21-22,30,35-38H,9-13,17,20,23-24H2,1-8H3. The summed E-state index contributed by atoms with van der Waals surface area (Å²) in [7, 11) is 0. The van der Waals surface area contributed by atoms with Crippen LogP contribution in [0.15, 0.2) is 42.5 Å². The van der Waals surface area contributed by atoms with Crippen molar-refractivity contribution in [2.24, 2.45) is 5.41 Å². The van der Waals surface area contributed by atoms with Gasteiger partial charge in [-0.1, -0.05) is 129 Å². The zero-order valence-corrected chi connectivity index (χ0v) is 25.3. The Morgan fingerprint density at radius 1 is 0.737 bits per heavy atom. The van der Waals surface area contributed by atoms with Crippen LogP contribution in [0.25, 0.3) is 0 Å². The Hall–Kier alpha value is -1.72. The molecular weight excluding hydrogens is 472 g/mol. The van der Waals surface area contributed by atoms with Gasteiger partial charge in [0.05, 0.1) is 24.7 Å². The van der Waals surface area contributed by atoms with E-state index < -0.39 is 30.3 Å². The first-order chi connectivity index (χ1) is 17.7.